The Morgan fingerprint density at radius 2 is 1.67 bits per heavy atom. The highest BCUT2D eigenvalue weighted by Crippen LogP contribution is 2.35. The lowest BCUT2D eigenvalue weighted by Gasteiger charge is -2.12. The molecule has 21 heavy (non-hydrogen) atoms. The van der Waals surface area contributed by atoms with Gasteiger partial charge in [0.1, 0.15) is 11.5 Å². The zero-order valence-corrected chi connectivity index (χ0v) is 13.9. The monoisotopic (exact) mass is 360 g/mol. The van der Waals surface area contributed by atoms with E-state index in [1.807, 2.05) is 42.5 Å². The van der Waals surface area contributed by atoms with Crippen molar-refractivity contribution in [3.8, 4) is 11.5 Å². The van der Waals surface area contributed by atoms with Gasteiger partial charge >= 0.3 is 0 Å². The number of hydrogen-bond acceptors (Lipinski definition) is 1. The Balaban J connectivity index is 2.04. The van der Waals surface area contributed by atoms with E-state index in [9.17, 15) is 0 Å². The molecule has 3 aromatic rings. The summed E-state index contributed by atoms with van der Waals surface area (Å²) in [6, 6.07) is 18.0. The summed E-state index contributed by atoms with van der Waals surface area (Å²) >= 11 is 9.71. The quantitative estimate of drug-likeness (QED) is 0.484. The van der Waals surface area contributed by atoms with Crippen molar-refractivity contribution in [3.05, 3.63) is 70.7 Å². The van der Waals surface area contributed by atoms with Crippen LogP contribution in [0, 0.1) is 6.92 Å². The predicted octanol–water partition coefficient (Wildman–Crippen LogP) is 6.49. The Morgan fingerprint density at radius 3 is 2.38 bits per heavy atom. The number of fused-ring (bicyclic) bond motifs is 1. The number of rotatable bonds is 3. The van der Waals surface area contributed by atoms with Gasteiger partial charge in [0.25, 0.3) is 0 Å². The molecule has 0 aromatic heterocycles. The van der Waals surface area contributed by atoms with Gasteiger partial charge in [-0.3, -0.25) is 0 Å². The summed E-state index contributed by atoms with van der Waals surface area (Å²) in [6.45, 7) is 2.06. The molecule has 106 valence electrons. The molecule has 0 heterocycles. The molecule has 3 rings (SSSR count). The van der Waals surface area contributed by atoms with E-state index in [0.717, 1.165) is 38.2 Å². The van der Waals surface area contributed by atoms with Crippen molar-refractivity contribution in [1.82, 2.24) is 0 Å². The number of hydrogen-bond donors (Lipinski definition) is 0. The van der Waals surface area contributed by atoms with Crippen LogP contribution in [0.3, 0.4) is 0 Å². The first kappa shape index (κ1) is 14.4. The number of halogens is 2. The number of alkyl halides is 1. The first-order valence-corrected chi connectivity index (χ1v) is 8.19. The van der Waals surface area contributed by atoms with Crippen LogP contribution in [0.2, 0.25) is 5.02 Å². The van der Waals surface area contributed by atoms with Gasteiger partial charge in [0.05, 0.1) is 0 Å². The molecular formula is C18H14BrClO. The van der Waals surface area contributed by atoms with E-state index in [4.69, 9.17) is 16.3 Å². The van der Waals surface area contributed by atoms with Crippen molar-refractivity contribution in [3.63, 3.8) is 0 Å². The summed E-state index contributed by atoms with van der Waals surface area (Å²) in [7, 11) is 0. The normalized spacial score (nSPS) is 10.8. The Hall–Kier alpha value is -1.51. The maximum Gasteiger partial charge on any atom is 0.135 e. The molecule has 0 unspecified atom stereocenters. The minimum absolute atomic E-state index is 0.740. The minimum atomic E-state index is 0.740. The van der Waals surface area contributed by atoms with E-state index in [1.54, 1.807) is 0 Å². The lowest BCUT2D eigenvalue weighted by atomic mass is 10.1. The molecule has 0 radical (unpaired) electrons. The third kappa shape index (κ3) is 2.92. The highest BCUT2D eigenvalue weighted by atomic mass is 79.9. The van der Waals surface area contributed by atoms with Gasteiger partial charge in [-0.1, -0.05) is 63.9 Å². The van der Waals surface area contributed by atoms with Crippen LogP contribution in [0.15, 0.2) is 54.6 Å². The van der Waals surface area contributed by atoms with Crippen LogP contribution in [0.5, 0.6) is 11.5 Å². The van der Waals surface area contributed by atoms with E-state index in [2.05, 4.69) is 35.0 Å². The maximum atomic E-state index is 6.24. The Labute approximate surface area is 137 Å². The molecule has 0 atom stereocenters. The molecule has 3 aromatic carbocycles. The van der Waals surface area contributed by atoms with Crippen molar-refractivity contribution in [2.75, 3.05) is 0 Å². The molecule has 0 fully saturated rings. The average molecular weight is 362 g/mol. The molecule has 0 spiro atoms. The molecule has 0 aliphatic heterocycles. The average Bonchev–Trinajstić information content (AvgIpc) is 2.52. The van der Waals surface area contributed by atoms with Crippen molar-refractivity contribution in [2.45, 2.75) is 12.3 Å². The fourth-order valence-electron chi connectivity index (χ4n) is 2.35. The molecule has 0 saturated carbocycles. The van der Waals surface area contributed by atoms with E-state index in [-0.39, 0.29) is 0 Å². The first-order chi connectivity index (χ1) is 10.2. The Morgan fingerprint density at radius 1 is 0.952 bits per heavy atom. The number of aryl methyl sites for hydroxylation is 1. The number of ether oxygens (including phenoxy) is 1. The van der Waals surface area contributed by atoms with Crippen LogP contribution in [-0.4, -0.2) is 0 Å². The van der Waals surface area contributed by atoms with Gasteiger partial charge in [0.2, 0.25) is 0 Å². The molecule has 3 heteroatoms. The third-order valence-corrected chi connectivity index (χ3v) is 4.42. The molecule has 0 aliphatic rings. The van der Waals surface area contributed by atoms with Gasteiger partial charge < -0.3 is 4.74 Å². The van der Waals surface area contributed by atoms with E-state index in [1.165, 1.54) is 5.56 Å². The van der Waals surface area contributed by atoms with Crippen LogP contribution in [0.25, 0.3) is 10.8 Å². The van der Waals surface area contributed by atoms with E-state index >= 15 is 0 Å². The lowest BCUT2D eigenvalue weighted by molar-refractivity contribution is 0.484. The fourth-order valence-corrected chi connectivity index (χ4v) is 2.93. The van der Waals surface area contributed by atoms with Crippen LogP contribution < -0.4 is 4.74 Å². The van der Waals surface area contributed by atoms with Crippen molar-refractivity contribution < 1.29 is 4.74 Å². The van der Waals surface area contributed by atoms with Crippen LogP contribution in [0.1, 0.15) is 11.1 Å². The van der Waals surface area contributed by atoms with Crippen LogP contribution in [-0.2, 0) is 5.33 Å². The van der Waals surface area contributed by atoms with Gasteiger partial charge in [-0.05, 0) is 36.2 Å². The van der Waals surface area contributed by atoms with Gasteiger partial charge in [-0.25, -0.2) is 0 Å². The predicted molar refractivity (Wildman–Crippen MR) is 92.8 cm³/mol. The summed E-state index contributed by atoms with van der Waals surface area (Å²) in [5.74, 6) is 1.69. The lowest BCUT2D eigenvalue weighted by Crippen LogP contribution is -1.90. The molecule has 0 amide bonds. The largest absolute Gasteiger partial charge is 0.456 e. The van der Waals surface area contributed by atoms with E-state index in [0.29, 0.717) is 0 Å². The first-order valence-electron chi connectivity index (χ1n) is 6.69. The highest BCUT2D eigenvalue weighted by molar-refractivity contribution is 9.08. The molecular weight excluding hydrogens is 348 g/mol. The topological polar surface area (TPSA) is 9.23 Å². The van der Waals surface area contributed by atoms with Crippen molar-refractivity contribution in [1.29, 1.82) is 0 Å². The standard InChI is InChI=1S/C18H14BrClO/c1-12-10-13(11-19)6-8-17(12)21-18-9-7-16(20)14-4-2-3-5-15(14)18/h2-10H,11H2,1H3. The Bertz CT molecular complexity index is 798. The SMILES string of the molecule is Cc1cc(CBr)ccc1Oc1ccc(Cl)c2ccccc12. The smallest absolute Gasteiger partial charge is 0.135 e. The van der Waals surface area contributed by atoms with E-state index < -0.39 is 0 Å². The highest BCUT2D eigenvalue weighted by Gasteiger charge is 2.08. The fraction of sp³-hybridized carbons (Fsp3) is 0.111. The summed E-state index contributed by atoms with van der Waals surface area (Å²) < 4.78 is 6.10. The summed E-state index contributed by atoms with van der Waals surface area (Å²) in [5.41, 5.74) is 2.35. The molecule has 0 saturated heterocycles. The second-order valence-corrected chi connectivity index (χ2v) is 5.89. The van der Waals surface area contributed by atoms with Crippen molar-refractivity contribution >= 4 is 38.3 Å². The summed E-state index contributed by atoms with van der Waals surface area (Å²) in [5, 5.41) is 3.61. The van der Waals surface area contributed by atoms with Gasteiger partial charge in [0.15, 0.2) is 0 Å². The molecule has 0 aliphatic carbocycles. The zero-order chi connectivity index (χ0) is 14.8. The van der Waals surface area contributed by atoms with Gasteiger partial charge in [-0.2, -0.15) is 0 Å². The second kappa shape index (κ2) is 6.08. The van der Waals surface area contributed by atoms with Gasteiger partial charge in [0, 0.05) is 21.1 Å². The zero-order valence-electron chi connectivity index (χ0n) is 11.6. The molecule has 0 N–H and O–H groups in total. The Kier molecular flexibility index (Phi) is 4.18. The van der Waals surface area contributed by atoms with Crippen LogP contribution >= 0.6 is 27.5 Å². The van der Waals surface area contributed by atoms with Gasteiger partial charge in [-0.15, -0.1) is 0 Å². The molecule has 1 nitrogen and oxygen atoms in total. The maximum absolute atomic E-state index is 6.24. The third-order valence-electron chi connectivity index (χ3n) is 3.44. The van der Waals surface area contributed by atoms with Crippen molar-refractivity contribution in [2.24, 2.45) is 0 Å². The summed E-state index contributed by atoms with van der Waals surface area (Å²) in [6.07, 6.45) is 0. The summed E-state index contributed by atoms with van der Waals surface area (Å²) in [4.78, 5) is 0. The minimum Gasteiger partial charge on any atom is -0.456 e. The second-order valence-electron chi connectivity index (χ2n) is 4.93. The van der Waals surface area contributed by atoms with Crippen LogP contribution in [0.4, 0.5) is 0 Å². The molecule has 0 bridgehead atoms. The number of benzene rings is 3.